The van der Waals surface area contributed by atoms with Crippen LogP contribution < -0.4 is 9.64 Å². The molecule has 0 bridgehead atoms. The normalized spacial score (nSPS) is 14.5. The number of aromatic amines is 1. The van der Waals surface area contributed by atoms with Gasteiger partial charge < -0.3 is 19.7 Å². The monoisotopic (exact) mass is 348 g/mol. The lowest BCUT2D eigenvalue weighted by atomic mass is 10.2. The van der Waals surface area contributed by atoms with E-state index in [1.165, 1.54) is 0 Å². The summed E-state index contributed by atoms with van der Waals surface area (Å²) in [6, 6.07) is 15.2. The predicted molar refractivity (Wildman–Crippen MR) is 103 cm³/mol. The second kappa shape index (κ2) is 6.55. The third-order valence-electron chi connectivity index (χ3n) is 4.35. The molecule has 0 aliphatic carbocycles. The van der Waals surface area contributed by atoms with Gasteiger partial charge in [0.15, 0.2) is 0 Å². The molecular formula is C20H20N4O2. The summed E-state index contributed by atoms with van der Waals surface area (Å²) in [6.07, 6.45) is 0.902. The maximum atomic E-state index is 10.5. The van der Waals surface area contributed by atoms with Crippen LogP contribution in [0.4, 0.5) is 5.69 Å². The van der Waals surface area contributed by atoms with E-state index < -0.39 is 0 Å². The highest BCUT2D eigenvalue weighted by Gasteiger charge is 2.32. The SMILES string of the molecule is CCCOc1ccccc1N1CC(O)=C(c2nc3ccccc3[nH]2)C1=N. The van der Waals surface area contributed by atoms with Crippen molar-refractivity contribution in [3.63, 3.8) is 0 Å². The largest absolute Gasteiger partial charge is 0.509 e. The summed E-state index contributed by atoms with van der Waals surface area (Å²) in [5.74, 6) is 1.54. The molecule has 3 aromatic rings. The highest BCUT2D eigenvalue weighted by atomic mass is 16.5. The number of aromatic nitrogens is 2. The molecule has 1 aliphatic heterocycles. The third kappa shape index (κ3) is 2.69. The minimum absolute atomic E-state index is 0.124. The number of anilines is 1. The van der Waals surface area contributed by atoms with E-state index in [1.807, 2.05) is 55.5 Å². The molecule has 4 rings (SSSR count). The van der Waals surface area contributed by atoms with Crippen molar-refractivity contribution in [2.24, 2.45) is 0 Å². The Morgan fingerprint density at radius 1 is 1.19 bits per heavy atom. The Bertz CT molecular complexity index is 973. The van der Waals surface area contributed by atoms with Gasteiger partial charge in [-0.15, -0.1) is 0 Å². The summed E-state index contributed by atoms with van der Waals surface area (Å²) < 4.78 is 5.81. The lowest BCUT2D eigenvalue weighted by Crippen LogP contribution is -2.26. The molecule has 0 atom stereocenters. The number of H-pyrrole nitrogens is 1. The van der Waals surface area contributed by atoms with Gasteiger partial charge in [0.25, 0.3) is 0 Å². The zero-order valence-electron chi connectivity index (χ0n) is 14.5. The van der Waals surface area contributed by atoms with E-state index in [0.717, 1.165) is 23.1 Å². The topological polar surface area (TPSA) is 85.2 Å². The molecule has 0 amide bonds. The number of hydrogen-bond donors (Lipinski definition) is 3. The van der Waals surface area contributed by atoms with Crippen molar-refractivity contribution in [3.8, 4) is 5.75 Å². The van der Waals surface area contributed by atoms with Crippen molar-refractivity contribution in [3.05, 3.63) is 60.1 Å². The molecule has 0 saturated heterocycles. The number of para-hydroxylation sites is 4. The third-order valence-corrected chi connectivity index (χ3v) is 4.35. The number of imidazole rings is 1. The molecule has 132 valence electrons. The smallest absolute Gasteiger partial charge is 0.145 e. The molecule has 6 heteroatoms. The molecule has 0 saturated carbocycles. The number of benzene rings is 2. The number of aliphatic hydroxyl groups is 1. The van der Waals surface area contributed by atoms with Gasteiger partial charge >= 0.3 is 0 Å². The predicted octanol–water partition coefficient (Wildman–Crippen LogP) is 4.12. The number of ether oxygens (including phenoxy) is 1. The second-order valence-electron chi connectivity index (χ2n) is 6.18. The van der Waals surface area contributed by atoms with Crippen LogP contribution in [0.2, 0.25) is 0 Å². The van der Waals surface area contributed by atoms with Crippen LogP contribution >= 0.6 is 0 Å². The molecule has 0 unspecified atom stereocenters. The minimum Gasteiger partial charge on any atom is -0.509 e. The molecule has 1 aliphatic rings. The van der Waals surface area contributed by atoms with Gasteiger partial charge in [-0.3, -0.25) is 5.41 Å². The fourth-order valence-electron chi connectivity index (χ4n) is 3.12. The first-order chi connectivity index (χ1) is 12.7. The zero-order chi connectivity index (χ0) is 18.1. The number of aliphatic hydroxyl groups excluding tert-OH is 1. The second-order valence-corrected chi connectivity index (χ2v) is 6.18. The zero-order valence-corrected chi connectivity index (χ0v) is 14.5. The number of rotatable bonds is 5. The standard InChI is InChI=1S/C20H20N4O2/c1-2-11-26-17-10-6-5-9-15(17)24-12-16(25)18(19(24)21)20-22-13-7-3-4-8-14(13)23-20/h3-10,21,25H,2,11-12H2,1H3,(H,22,23). The van der Waals surface area contributed by atoms with Crippen LogP contribution in [0.15, 0.2) is 54.3 Å². The quantitative estimate of drug-likeness (QED) is 0.647. The van der Waals surface area contributed by atoms with Gasteiger partial charge in [-0.25, -0.2) is 4.98 Å². The Hall–Kier alpha value is -3.28. The van der Waals surface area contributed by atoms with Crippen molar-refractivity contribution >= 4 is 28.1 Å². The van der Waals surface area contributed by atoms with Crippen LogP contribution in [0.3, 0.4) is 0 Å². The number of nitrogens with zero attached hydrogens (tertiary/aromatic N) is 2. The summed E-state index contributed by atoms with van der Waals surface area (Å²) in [6.45, 7) is 2.87. The summed E-state index contributed by atoms with van der Waals surface area (Å²) in [7, 11) is 0. The molecule has 26 heavy (non-hydrogen) atoms. The molecule has 1 aromatic heterocycles. The molecule has 3 N–H and O–H groups in total. The van der Waals surface area contributed by atoms with Gasteiger partial charge in [0.1, 0.15) is 23.2 Å². The summed E-state index contributed by atoms with van der Waals surface area (Å²) in [5.41, 5.74) is 2.87. The molecule has 0 radical (unpaired) electrons. The Morgan fingerprint density at radius 3 is 2.77 bits per heavy atom. The maximum absolute atomic E-state index is 10.5. The van der Waals surface area contributed by atoms with Crippen LogP contribution in [-0.4, -0.2) is 34.1 Å². The van der Waals surface area contributed by atoms with Crippen LogP contribution in [0.5, 0.6) is 5.75 Å². The molecular weight excluding hydrogens is 328 g/mol. The van der Waals surface area contributed by atoms with Crippen molar-refractivity contribution < 1.29 is 9.84 Å². The molecule has 0 spiro atoms. The lowest BCUT2D eigenvalue weighted by Gasteiger charge is -2.21. The Morgan fingerprint density at radius 2 is 1.96 bits per heavy atom. The number of amidine groups is 1. The van der Waals surface area contributed by atoms with Gasteiger partial charge in [0.2, 0.25) is 0 Å². The first kappa shape index (κ1) is 16.2. The summed E-state index contributed by atoms with van der Waals surface area (Å²) in [4.78, 5) is 9.45. The first-order valence-corrected chi connectivity index (χ1v) is 8.64. The lowest BCUT2D eigenvalue weighted by molar-refractivity contribution is 0.318. The summed E-state index contributed by atoms with van der Waals surface area (Å²) >= 11 is 0. The van der Waals surface area contributed by atoms with Gasteiger partial charge in [-0.05, 0) is 30.7 Å². The fourth-order valence-corrected chi connectivity index (χ4v) is 3.12. The Kier molecular flexibility index (Phi) is 4.08. The van der Waals surface area contributed by atoms with Gasteiger partial charge in [-0.1, -0.05) is 31.2 Å². The number of fused-ring (bicyclic) bond motifs is 1. The maximum Gasteiger partial charge on any atom is 0.145 e. The van der Waals surface area contributed by atoms with E-state index in [2.05, 4.69) is 9.97 Å². The Balaban J connectivity index is 1.69. The van der Waals surface area contributed by atoms with Crippen LogP contribution in [0.25, 0.3) is 16.6 Å². The number of nitrogens with one attached hydrogen (secondary N) is 2. The highest BCUT2D eigenvalue weighted by Crippen LogP contribution is 2.35. The average Bonchev–Trinajstić information content (AvgIpc) is 3.20. The van der Waals surface area contributed by atoms with E-state index in [4.69, 9.17) is 10.1 Å². The van der Waals surface area contributed by atoms with Crippen LogP contribution in [-0.2, 0) is 0 Å². The van der Waals surface area contributed by atoms with E-state index in [1.54, 1.807) is 4.90 Å². The van der Waals surface area contributed by atoms with Crippen molar-refractivity contribution in [2.75, 3.05) is 18.1 Å². The van der Waals surface area contributed by atoms with E-state index in [9.17, 15) is 5.11 Å². The van der Waals surface area contributed by atoms with Gasteiger partial charge in [-0.2, -0.15) is 0 Å². The highest BCUT2D eigenvalue weighted by molar-refractivity contribution is 6.30. The van der Waals surface area contributed by atoms with Crippen LogP contribution in [0.1, 0.15) is 19.2 Å². The molecule has 0 fully saturated rings. The van der Waals surface area contributed by atoms with Crippen molar-refractivity contribution in [1.29, 1.82) is 5.41 Å². The molecule has 2 aromatic carbocycles. The number of hydrogen-bond acceptors (Lipinski definition) is 4. The van der Waals surface area contributed by atoms with Crippen molar-refractivity contribution in [1.82, 2.24) is 9.97 Å². The summed E-state index contributed by atoms with van der Waals surface area (Å²) in [5, 5.41) is 19.1. The van der Waals surface area contributed by atoms with Gasteiger partial charge in [0.05, 0.1) is 35.4 Å². The molecule has 6 nitrogen and oxygen atoms in total. The fraction of sp³-hybridized carbons (Fsp3) is 0.200. The first-order valence-electron chi connectivity index (χ1n) is 8.64. The minimum atomic E-state index is 0.124. The average molecular weight is 348 g/mol. The Labute approximate surface area is 151 Å². The van der Waals surface area contributed by atoms with E-state index in [-0.39, 0.29) is 18.1 Å². The van der Waals surface area contributed by atoms with Crippen LogP contribution in [0, 0.1) is 5.41 Å². The van der Waals surface area contributed by atoms with E-state index >= 15 is 0 Å². The van der Waals surface area contributed by atoms with E-state index in [0.29, 0.717) is 23.8 Å². The van der Waals surface area contributed by atoms with Gasteiger partial charge in [0, 0.05) is 0 Å². The van der Waals surface area contributed by atoms with Crippen molar-refractivity contribution in [2.45, 2.75) is 13.3 Å². The molecule has 2 heterocycles.